The number of aryl methyl sites for hydroxylation is 1. The molecule has 0 spiro atoms. The second-order valence-corrected chi connectivity index (χ2v) is 7.23. The summed E-state index contributed by atoms with van der Waals surface area (Å²) in [6, 6.07) is 4.29. The number of thiazole rings is 1. The Hall–Kier alpha value is -0.670. The molecule has 4 nitrogen and oxygen atoms in total. The van der Waals surface area contributed by atoms with Crippen LogP contribution < -0.4 is 5.32 Å². The molecule has 0 bridgehead atoms. The van der Waals surface area contributed by atoms with Gasteiger partial charge in [0.25, 0.3) is 0 Å². The van der Waals surface area contributed by atoms with Gasteiger partial charge in [0.05, 0.1) is 6.54 Å². The van der Waals surface area contributed by atoms with E-state index in [1.807, 2.05) is 17.5 Å². The molecule has 0 saturated heterocycles. The number of aromatic nitrogens is 1. The van der Waals surface area contributed by atoms with E-state index in [4.69, 9.17) is 4.99 Å². The molecule has 0 aromatic carbocycles. The topological polar surface area (TPSA) is 40.5 Å². The van der Waals surface area contributed by atoms with Crippen molar-refractivity contribution < 1.29 is 0 Å². The van der Waals surface area contributed by atoms with Crippen LogP contribution in [0.5, 0.6) is 0 Å². The van der Waals surface area contributed by atoms with Crippen LogP contribution in [-0.2, 0) is 19.4 Å². The lowest BCUT2D eigenvalue weighted by molar-refractivity contribution is 0.486. The van der Waals surface area contributed by atoms with Gasteiger partial charge in [-0.1, -0.05) is 13.0 Å². The SMILES string of the molecule is CCNC(=NCc1ncc(CC)s1)N(C)CCc1cccs1.I. The first kappa shape index (κ1) is 20.4. The predicted molar refractivity (Wildman–Crippen MR) is 112 cm³/mol. The molecule has 0 aliphatic carbocycles. The highest BCUT2D eigenvalue weighted by Gasteiger charge is 2.07. The van der Waals surface area contributed by atoms with Gasteiger partial charge in [0, 0.05) is 36.1 Å². The summed E-state index contributed by atoms with van der Waals surface area (Å²) in [5.41, 5.74) is 0. The third kappa shape index (κ3) is 6.76. The minimum atomic E-state index is 0. The first-order chi connectivity index (χ1) is 10.7. The van der Waals surface area contributed by atoms with Crippen LogP contribution in [0.25, 0.3) is 0 Å². The number of thiophene rings is 1. The first-order valence-corrected chi connectivity index (χ1v) is 9.38. The van der Waals surface area contributed by atoms with Gasteiger partial charge >= 0.3 is 0 Å². The fourth-order valence-corrected chi connectivity index (χ4v) is 3.52. The highest BCUT2D eigenvalue weighted by molar-refractivity contribution is 14.0. The van der Waals surface area contributed by atoms with Gasteiger partial charge in [0.1, 0.15) is 5.01 Å². The van der Waals surface area contributed by atoms with Crippen molar-refractivity contribution in [1.82, 2.24) is 15.2 Å². The number of nitrogens with one attached hydrogen (secondary N) is 1. The number of guanidine groups is 1. The van der Waals surface area contributed by atoms with Crippen LogP contribution in [0.3, 0.4) is 0 Å². The van der Waals surface area contributed by atoms with Crippen LogP contribution >= 0.6 is 46.7 Å². The van der Waals surface area contributed by atoms with Crippen molar-refractivity contribution in [2.24, 2.45) is 4.99 Å². The lowest BCUT2D eigenvalue weighted by Gasteiger charge is -2.21. The quantitative estimate of drug-likeness (QED) is 0.382. The highest BCUT2D eigenvalue weighted by atomic mass is 127. The third-order valence-electron chi connectivity index (χ3n) is 3.28. The minimum absolute atomic E-state index is 0. The van der Waals surface area contributed by atoms with E-state index in [1.54, 1.807) is 11.3 Å². The highest BCUT2D eigenvalue weighted by Crippen LogP contribution is 2.14. The van der Waals surface area contributed by atoms with E-state index in [2.05, 4.69) is 53.6 Å². The summed E-state index contributed by atoms with van der Waals surface area (Å²) in [5, 5.41) is 6.57. The summed E-state index contributed by atoms with van der Waals surface area (Å²) in [4.78, 5) is 14.1. The Morgan fingerprint density at radius 2 is 2.17 bits per heavy atom. The van der Waals surface area contributed by atoms with Crippen molar-refractivity contribution in [2.45, 2.75) is 33.2 Å². The second-order valence-electron chi connectivity index (χ2n) is 4.99. The number of likely N-dealkylation sites (N-methyl/N-ethyl adjacent to an activating group) is 1. The van der Waals surface area contributed by atoms with Gasteiger partial charge in [-0.25, -0.2) is 9.98 Å². The Kier molecular flexibility index (Phi) is 9.73. The fraction of sp³-hybridized carbons (Fsp3) is 0.500. The number of rotatable bonds is 7. The van der Waals surface area contributed by atoms with Crippen LogP contribution in [0.4, 0.5) is 0 Å². The average Bonchev–Trinajstić information content (AvgIpc) is 3.20. The van der Waals surface area contributed by atoms with Crippen molar-refractivity contribution in [3.05, 3.63) is 38.5 Å². The Morgan fingerprint density at radius 3 is 2.78 bits per heavy atom. The average molecular weight is 464 g/mol. The van der Waals surface area contributed by atoms with Gasteiger partial charge < -0.3 is 10.2 Å². The molecule has 2 aromatic heterocycles. The Bertz CT molecular complexity index is 581. The molecule has 1 N–H and O–H groups in total. The van der Waals surface area contributed by atoms with Crippen molar-refractivity contribution >= 4 is 52.6 Å². The van der Waals surface area contributed by atoms with E-state index in [1.165, 1.54) is 9.75 Å². The van der Waals surface area contributed by atoms with E-state index < -0.39 is 0 Å². The zero-order chi connectivity index (χ0) is 15.8. The maximum atomic E-state index is 4.71. The van der Waals surface area contributed by atoms with Crippen molar-refractivity contribution in [3.63, 3.8) is 0 Å². The van der Waals surface area contributed by atoms with E-state index in [9.17, 15) is 0 Å². The Morgan fingerprint density at radius 1 is 1.35 bits per heavy atom. The maximum absolute atomic E-state index is 4.71. The van der Waals surface area contributed by atoms with E-state index >= 15 is 0 Å². The number of hydrogen-bond acceptors (Lipinski definition) is 4. The lowest BCUT2D eigenvalue weighted by Crippen LogP contribution is -2.39. The Balaban J connectivity index is 0.00000264. The van der Waals surface area contributed by atoms with Crippen LogP contribution in [-0.4, -0.2) is 36.0 Å². The smallest absolute Gasteiger partial charge is 0.194 e. The number of aliphatic imine (C=N–C) groups is 1. The molecule has 2 rings (SSSR count). The summed E-state index contributed by atoms with van der Waals surface area (Å²) in [7, 11) is 2.09. The molecule has 0 aliphatic rings. The van der Waals surface area contributed by atoms with Crippen LogP contribution in [0.15, 0.2) is 28.7 Å². The Labute approximate surface area is 164 Å². The lowest BCUT2D eigenvalue weighted by atomic mass is 10.3. The third-order valence-corrected chi connectivity index (χ3v) is 5.35. The second kappa shape index (κ2) is 11.0. The molecule has 0 amide bonds. The molecule has 0 saturated carbocycles. The standard InChI is InChI=1S/C16H24N4S2.HI/c1-4-13-11-18-15(22-13)12-19-16(17-5-2)20(3)9-8-14-7-6-10-21-14;/h6-7,10-11H,4-5,8-9,12H2,1-3H3,(H,17,19);1H. The van der Waals surface area contributed by atoms with Crippen LogP contribution in [0.1, 0.15) is 28.6 Å². The van der Waals surface area contributed by atoms with Crippen LogP contribution in [0, 0.1) is 0 Å². The van der Waals surface area contributed by atoms with Crippen molar-refractivity contribution in [3.8, 4) is 0 Å². The molecule has 0 radical (unpaired) electrons. The summed E-state index contributed by atoms with van der Waals surface area (Å²) in [5.74, 6) is 0.951. The van der Waals surface area contributed by atoms with Gasteiger partial charge in [-0.3, -0.25) is 0 Å². The van der Waals surface area contributed by atoms with Gasteiger partial charge in [0.15, 0.2) is 5.96 Å². The monoisotopic (exact) mass is 464 g/mol. The zero-order valence-electron chi connectivity index (χ0n) is 13.9. The van der Waals surface area contributed by atoms with Gasteiger partial charge in [-0.2, -0.15) is 0 Å². The normalized spacial score (nSPS) is 11.2. The van der Waals surface area contributed by atoms with Crippen LogP contribution in [0.2, 0.25) is 0 Å². The number of nitrogens with zero attached hydrogens (tertiary/aromatic N) is 3. The zero-order valence-corrected chi connectivity index (χ0v) is 17.9. The maximum Gasteiger partial charge on any atom is 0.194 e. The molecule has 0 fully saturated rings. The summed E-state index contributed by atoms with van der Waals surface area (Å²) in [6.45, 7) is 6.74. The van der Waals surface area contributed by atoms with Gasteiger partial charge in [0.2, 0.25) is 0 Å². The molecule has 128 valence electrons. The van der Waals surface area contributed by atoms with Crippen molar-refractivity contribution in [2.75, 3.05) is 20.1 Å². The van der Waals surface area contributed by atoms with Gasteiger partial charge in [-0.15, -0.1) is 46.7 Å². The molecule has 0 aliphatic heterocycles. The fourth-order valence-electron chi connectivity index (χ4n) is 2.04. The first-order valence-electron chi connectivity index (χ1n) is 7.68. The summed E-state index contributed by atoms with van der Waals surface area (Å²) < 4.78 is 0. The molecule has 7 heteroatoms. The van der Waals surface area contributed by atoms with Crippen molar-refractivity contribution in [1.29, 1.82) is 0 Å². The molecule has 0 atom stereocenters. The largest absolute Gasteiger partial charge is 0.357 e. The molecule has 2 heterocycles. The number of hydrogen-bond donors (Lipinski definition) is 1. The van der Waals surface area contributed by atoms with E-state index in [-0.39, 0.29) is 24.0 Å². The van der Waals surface area contributed by atoms with E-state index in [0.717, 1.165) is 36.9 Å². The predicted octanol–water partition coefficient (Wildman–Crippen LogP) is 4.03. The molecular formula is C16H25IN4S2. The minimum Gasteiger partial charge on any atom is -0.357 e. The summed E-state index contributed by atoms with van der Waals surface area (Å²) >= 11 is 3.56. The molecule has 2 aromatic rings. The molecular weight excluding hydrogens is 439 g/mol. The number of halogens is 1. The molecule has 23 heavy (non-hydrogen) atoms. The van der Waals surface area contributed by atoms with E-state index in [0.29, 0.717) is 6.54 Å². The molecule has 0 unspecified atom stereocenters. The van der Waals surface area contributed by atoms with Gasteiger partial charge in [-0.05, 0) is 31.2 Å². The summed E-state index contributed by atoms with van der Waals surface area (Å²) in [6.07, 6.45) is 4.06.